The van der Waals surface area contributed by atoms with Crippen LogP contribution in [0.15, 0.2) is 24.3 Å². The van der Waals surface area contributed by atoms with Gasteiger partial charge in [0.1, 0.15) is 5.82 Å². The molecule has 86 valence electrons. The minimum Gasteiger partial charge on any atom is -0.379 e. The first-order valence-corrected chi connectivity index (χ1v) is 5.88. The number of rotatable bonds is 2. The molecule has 1 atom stereocenters. The Morgan fingerprint density at radius 1 is 1.38 bits per heavy atom. The van der Waals surface area contributed by atoms with Gasteiger partial charge in [0, 0.05) is 6.04 Å². The lowest BCUT2D eigenvalue weighted by Crippen LogP contribution is -2.58. The van der Waals surface area contributed by atoms with E-state index < -0.39 is 0 Å². The van der Waals surface area contributed by atoms with E-state index in [-0.39, 0.29) is 11.2 Å². The van der Waals surface area contributed by atoms with E-state index in [4.69, 9.17) is 4.74 Å². The highest BCUT2D eigenvalue weighted by molar-refractivity contribution is 5.31. The van der Waals surface area contributed by atoms with Crippen LogP contribution in [0.1, 0.15) is 18.4 Å². The summed E-state index contributed by atoms with van der Waals surface area (Å²) in [5.74, 6) is -0.151. The maximum absolute atomic E-state index is 13.3. The molecule has 1 unspecified atom stereocenters. The van der Waals surface area contributed by atoms with E-state index in [0.29, 0.717) is 19.3 Å². The molecule has 3 heteroatoms. The summed E-state index contributed by atoms with van der Waals surface area (Å²) in [7, 11) is 0. The van der Waals surface area contributed by atoms with E-state index in [1.165, 1.54) is 18.9 Å². The van der Waals surface area contributed by atoms with Gasteiger partial charge < -0.3 is 10.1 Å². The molecule has 2 heterocycles. The molecule has 1 aromatic carbocycles. The number of nitrogens with one attached hydrogen (secondary N) is 1. The zero-order valence-corrected chi connectivity index (χ0v) is 9.21. The second-order valence-corrected chi connectivity index (χ2v) is 4.81. The average Bonchev–Trinajstić information content (AvgIpc) is 2.70. The molecular weight excluding hydrogens is 205 g/mol. The zero-order chi connectivity index (χ0) is 11.0. The molecule has 0 amide bonds. The Hall–Kier alpha value is -0.930. The van der Waals surface area contributed by atoms with Gasteiger partial charge in [-0.15, -0.1) is 0 Å². The van der Waals surface area contributed by atoms with Crippen LogP contribution < -0.4 is 5.32 Å². The topological polar surface area (TPSA) is 21.3 Å². The third-order valence-electron chi connectivity index (χ3n) is 3.85. The van der Waals surface area contributed by atoms with Crippen LogP contribution in [0.25, 0.3) is 0 Å². The summed E-state index contributed by atoms with van der Waals surface area (Å²) in [5, 5.41) is 3.51. The Kier molecular flexibility index (Phi) is 2.45. The normalized spacial score (nSPS) is 27.7. The first kappa shape index (κ1) is 10.2. The third kappa shape index (κ3) is 1.46. The average molecular weight is 221 g/mol. The largest absolute Gasteiger partial charge is 0.379 e. The quantitative estimate of drug-likeness (QED) is 0.823. The van der Waals surface area contributed by atoms with Gasteiger partial charge in [0.05, 0.1) is 18.6 Å². The summed E-state index contributed by atoms with van der Waals surface area (Å²) in [6.45, 7) is 2.50. The van der Waals surface area contributed by atoms with Gasteiger partial charge in [0.15, 0.2) is 0 Å². The molecule has 3 rings (SSSR count). The molecule has 0 spiro atoms. The highest BCUT2D eigenvalue weighted by Gasteiger charge is 2.47. The molecule has 0 aliphatic carbocycles. The van der Waals surface area contributed by atoms with Crippen LogP contribution in [-0.4, -0.2) is 25.8 Å². The molecule has 1 N–H and O–H groups in total. The smallest absolute Gasteiger partial charge is 0.123 e. The molecule has 2 nitrogen and oxygen atoms in total. The van der Waals surface area contributed by atoms with Crippen molar-refractivity contribution in [1.82, 2.24) is 5.32 Å². The number of hydrogen-bond donors (Lipinski definition) is 1. The van der Waals surface area contributed by atoms with Crippen molar-refractivity contribution in [3.63, 3.8) is 0 Å². The van der Waals surface area contributed by atoms with Crippen LogP contribution in [0.5, 0.6) is 0 Å². The summed E-state index contributed by atoms with van der Waals surface area (Å²) in [4.78, 5) is 0. The number of halogens is 1. The van der Waals surface area contributed by atoms with Gasteiger partial charge in [-0.05, 0) is 37.1 Å². The molecule has 0 bridgehead atoms. The van der Waals surface area contributed by atoms with E-state index in [0.717, 1.165) is 12.1 Å². The van der Waals surface area contributed by atoms with Crippen molar-refractivity contribution in [1.29, 1.82) is 0 Å². The maximum Gasteiger partial charge on any atom is 0.123 e. The van der Waals surface area contributed by atoms with E-state index in [2.05, 4.69) is 5.32 Å². The zero-order valence-electron chi connectivity index (χ0n) is 9.21. The lowest BCUT2D eigenvalue weighted by atomic mass is 9.72. The van der Waals surface area contributed by atoms with Crippen LogP contribution in [0.3, 0.4) is 0 Å². The van der Waals surface area contributed by atoms with Gasteiger partial charge in [0.2, 0.25) is 0 Å². The molecule has 2 fully saturated rings. The molecule has 2 aliphatic rings. The summed E-state index contributed by atoms with van der Waals surface area (Å²) in [5.41, 5.74) is 1.09. The fourth-order valence-electron chi connectivity index (χ4n) is 2.85. The lowest BCUT2D eigenvalue weighted by Gasteiger charge is -2.46. The van der Waals surface area contributed by atoms with Gasteiger partial charge in [0.25, 0.3) is 0 Å². The van der Waals surface area contributed by atoms with Gasteiger partial charge in [-0.1, -0.05) is 12.1 Å². The van der Waals surface area contributed by atoms with Crippen molar-refractivity contribution in [2.45, 2.75) is 24.3 Å². The Balaban J connectivity index is 1.94. The summed E-state index contributed by atoms with van der Waals surface area (Å²) >= 11 is 0. The van der Waals surface area contributed by atoms with Crippen molar-refractivity contribution in [2.24, 2.45) is 0 Å². The highest BCUT2D eigenvalue weighted by atomic mass is 19.1. The number of ether oxygens (including phenoxy) is 1. The van der Waals surface area contributed by atoms with Crippen LogP contribution in [0.4, 0.5) is 4.39 Å². The number of benzene rings is 1. The summed E-state index contributed by atoms with van der Waals surface area (Å²) < 4.78 is 18.7. The summed E-state index contributed by atoms with van der Waals surface area (Å²) in [6.07, 6.45) is 2.38. The second-order valence-electron chi connectivity index (χ2n) is 4.81. The van der Waals surface area contributed by atoms with Gasteiger partial charge in [-0.25, -0.2) is 4.39 Å². The van der Waals surface area contributed by atoms with Gasteiger partial charge in [-0.3, -0.25) is 0 Å². The molecule has 2 saturated heterocycles. The molecule has 1 aromatic rings. The third-order valence-corrected chi connectivity index (χ3v) is 3.85. The predicted octanol–water partition coefficient (Wildman–Crippen LogP) is 1.85. The van der Waals surface area contributed by atoms with Gasteiger partial charge >= 0.3 is 0 Å². The van der Waals surface area contributed by atoms with Crippen LogP contribution in [0.2, 0.25) is 0 Å². The standard InChI is InChI=1S/C13H16FNO/c14-11-4-1-3-10(7-11)13(8-16-9-13)12-5-2-6-15-12/h1,3-4,7,12,15H,2,5-6,8-9H2. The van der Waals surface area contributed by atoms with E-state index >= 15 is 0 Å². The first-order chi connectivity index (χ1) is 7.81. The van der Waals surface area contributed by atoms with E-state index in [9.17, 15) is 4.39 Å². The molecule has 0 saturated carbocycles. The van der Waals surface area contributed by atoms with E-state index in [1.54, 1.807) is 12.1 Å². The Labute approximate surface area is 94.8 Å². The summed E-state index contributed by atoms with van der Waals surface area (Å²) in [6, 6.07) is 7.41. The van der Waals surface area contributed by atoms with E-state index in [1.807, 2.05) is 6.07 Å². The Morgan fingerprint density at radius 3 is 2.81 bits per heavy atom. The minimum absolute atomic E-state index is 0.0125. The minimum atomic E-state index is -0.151. The molecule has 2 aliphatic heterocycles. The highest BCUT2D eigenvalue weighted by Crippen LogP contribution is 2.39. The molecular formula is C13H16FNO. The molecule has 0 aromatic heterocycles. The van der Waals surface area contributed by atoms with Crippen LogP contribution in [0, 0.1) is 5.82 Å². The van der Waals surface area contributed by atoms with Crippen molar-refractivity contribution < 1.29 is 9.13 Å². The monoisotopic (exact) mass is 221 g/mol. The predicted molar refractivity (Wildman–Crippen MR) is 59.9 cm³/mol. The van der Waals surface area contributed by atoms with Crippen molar-refractivity contribution in [3.05, 3.63) is 35.6 Å². The maximum atomic E-state index is 13.3. The van der Waals surface area contributed by atoms with Crippen molar-refractivity contribution >= 4 is 0 Å². The van der Waals surface area contributed by atoms with Crippen molar-refractivity contribution in [3.8, 4) is 0 Å². The van der Waals surface area contributed by atoms with Gasteiger partial charge in [-0.2, -0.15) is 0 Å². The Morgan fingerprint density at radius 2 is 2.25 bits per heavy atom. The fraction of sp³-hybridized carbons (Fsp3) is 0.538. The second kappa shape index (κ2) is 3.82. The molecule has 0 radical (unpaired) electrons. The Bertz CT molecular complexity index is 383. The fourth-order valence-corrected chi connectivity index (χ4v) is 2.85. The number of hydrogen-bond acceptors (Lipinski definition) is 2. The lowest BCUT2D eigenvalue weighted by molar-refractivity contribution is -0.0761. The van der Waals surface area contributed by atoms with Crippen molar-refractivity contribution in [2.75, 3.05) is 19.8 Å². The van der Waals surface area contributed by atoms with Crippen LogP contribution >= 0.6 is 0 Å². The molecule has 16 heavy (non-hydrogen) atoms. The van der Waals surface area contributed by atoms with Crippen LogP contribution in [-0.2, 0) is 10.2 Å². The SMILES string of the molecule is Fc1cccc(C2(C3CCCN3)COC2)c1. The first-order valence-electron chi connectivity index (χ1n) is 5.88.